The van der Waals surface area contributed by atoms with E-state index < -0.39 is 46.9 Å². The van der Waals surface area contributed by atoms with Gasteiger partial charge in [-0.15, -0.1) is 0 Å². The molecule has 1 aromatic rings. The number of nitro benzene ring substituents is 1. The molecule has 2 fully saturated rings. The number of aliphatic hydroxyl groups excluding tert-OH is 1. The number of benzene rings is 1. The number of ether oxygens (including phenoxy) is 1. The molecule has 1 N–H and O–H groups in total. The van der Waals surface area contributed by atoms with Gasteiger partial charge in [0.25, 0.3) is 5.69 Å². The number of imide groups is 1. The molecule has 24 heavy (non-hydrogen) atoms. The lowest BCUT2D eigenvalue weighted by Crippen LogP contribution is -2.43. The summed E-state index contributed by atoms with van der Waals surface area (Å²) >= 11 is 0. The van der Waals surface area contributed by atoms with Crippen LogP contribution in [0.1, 0.15) is 5.56 Å². The lowest BCUT2D eigenvalue weighted by atomic mass is 9.77. The summed E-state index contributed by atoms with van der Waals surface area (Å²) in [5.74, 6) is -2.45. The number of hydrogen-bond acceptors (Lipinski definition) is 6. The summed E-state index contributed by atoms with van der Waals surface area (Å²) in [6, 6.07) is 4.25. The second-order valence-corrected chi connectivity index (χ2v) is 6.30. The van der Waals surface area contributed by atoms with Gasteiger partial charge in [-0.2, -0.15) is 0 Å². The van der Waals surface area contributed by atoms with Crippen molar-refractivity contribution in [3.63, 3.8) is 0 Å². The topological polar surface area (TPSA) is 110 Å². The first-order valence-corrected chi connectivity index (χ1v) is 7.50. The van der Waals surface area contributed by atoms with E-state index in [2.05, 4.69) is 0 Å². The number of aryl methyl sites for hydroxylation is 1. The van der Waals surface area contributed by atoms with E-state index in [0.717, 1.165) is 4.90 Å². The minimum Gasteiger partial charge on any atom is -0.393 e. The third-order valence-electron chi connectivity index (χ3n) is 5.05. The highest BCUT2D eigenvalue weighted by atomic mass is 16.6. The summed E-state index contributed by atoms with van der Waals surface area (Å²) in [6.07, 6.45) is 2.76. The van der Waals surface area contributed by atoms with E-state index in [4.69, 9.17) is 4.74 Å². The van der Waals surface area contributed by atoms with Crippen LogP contribution in [0.5, 0.6) is 0 Å². The molecule has 124 valence electrons. The highest BCUT2D eigenvalue weighted by Crippen LogP contribution is 2.52. The normalized spacial score (nSPS) is 33.4. The molecule has 4 atom stereocenters. The molecular weight excluding hydrogens is 316 g/mol. The molecule has 0 aliphatic carbocycles. The minimum atomic E-state index is -1.17. The van der Waals surface area contributed by atoms with Crippen LogP contribution in [0, 0.1) is 28.9 Å². The monoisotopic (exact) mass is 330 g/mol. The zero-order valence-corrected chi connectivity index (χ0v) is 12.7. The fourth-order valence-corrected chi connectivity index (χ4v) is 3.87. The second-order valence-electron chi connectivity index (χ2n) is 6.30. The molecule has 0 saturated carbocycles. The van der Waals surface area contributed by atoms with E-state index in [1.54, 1.807) is 19.1 Å². The van der Waals surface area contributed by atoms with E-state index in [9.17, 15) is 24.8 Å². The third-order valence-corrected chi connectivity index (χ3v) is 5.05. The van der Waals surface area contributed by atoms with Crippen LogP contribution < -0.4 is 4.90 Å². The molecule has 2 amide bonds. The van der Waals surface area contributed by atoms with Crippen molar-refractivity contribution in [2.24, 2.45) is 11.8 Å². The van der Waals surface area contributed by atoms with Crippen molar-refractivity contribution in [3.05, 3.63) is 46.0 Å². The second kappa shape index (κ2) is 4.71. The average molecular weight is 330 g/mol. The first-order chi connectivity index (χ1) is 11.4. The Balaban J connectivity index is 1.77. The molecule has 4 unspecified atom stereocenters. The molecule has 8 nitrogen and oxygen atoms in total. The Labute approximate surface area is 136 Å². The number of anilines is 1. The van der Waals surface area contributed by atoms with E-state index in [0.29, 0.717) is 5.56 Å². The SMILES string of the molecule is Cc1ccc(N2C(=O)C3C4C=CC(CO)(O4)C3C2=O)cc1[N+](=O)[O-]. The Hall–Kier alpha value is -2.58. The number of nitrogens with zero attached hydrogens (tertiary/aromatic N) is 2. The highest BCUT2D eigenvalue weighted by molar-refractivity contribution is 6.23. The number of rotatable bonds is 3. The van der Waals surface area contributed by atoms with Crippen LogP contribution in [0.15, 0.2) is 30.4 Å². The van der Waals surface area contributed by atoms with Gasteiger partial charge in [0, 0.05) is 11.6 Å². The summed E-state index contributed by atoms with van der Waals surface area (Å²) in [5.41, 5.74) is -0.712. The van der Waals surface area contributed by atoms with Gasteiger partial charge in [0.2, 0.25) is 11.8 Å². The van der Waals surface area contributed by atoms with E-state index in [1.807, 2.05) is 0 Å². The number of nitro groups is 1. The highest BCUT2D eigenvalue weighted by Gasteiger charge is 2.67. The summed E-state index contributed by atoms with van der Waals surface area (Å²) in [7, 11) is 0. The Morgan fingerprint density at radius 2 is 2.12 bits per heavy atom. The van der Waals surface area contributed by atoms with Gasteiger partial charge < -0.3 is 9.84 Å². The van der Waals surface area contributed by atoms with Gasteiger partial charge in [0.05, 0.1) is 35.2 Å². The first-order valence-electron chi connectivity index (χ1n) is 7.50. The van der Waals surface area contributed by atoms with Crippen LogP contribution in [0.2, 0.25) is 0 Å². The molecule has 1 aromatic carbocycles. The molecule has 0 spiro atoms. The number of amides is 2. The Morgan fingerprint density at radius 1 is 1.38 bits per heavy atom. The van der Waals surface area contributed by atoms with Gasteiger partial charge in [0.15, 0.2) is 0 Å². The maximum atomic E-state index is 12.8. The van der Waals surface area contributed by atoms with Crippen LogP contribution in [0.25, 0.3) is 0 Å². The van der Waals surface area contributed by atoms with Crippen molar-refractivity contribution in [2.75, 3.05) is 11.5 Å². The van der Waals surface area contributed by atoms with Crippen LogP contribution >= 0.6 is 0 Å². The third kappa shape index (κ3) is 1.69. The van der Waals surface area contributed by atoms with Gasteiger partial charge in [-0.1, -0.05) is 18.2 Å². The molecule has 3 heterocycles. The smallest absolute Gasteiger partial charge is 0.274 e. The molecule has 3 aliphatic heterocycles. The zero-order valence-electron chi connectivity index (χ0n) is 12.7. The molecule has 3 aliphatic rings. The van der Waals surface area contributed by atoms with E-state index in [-0.39, 0.29) is 11.4 Å². The molecule has 8 heteroatoms. The average Bonchev–Trinajstić information content (AvgIpc) is 3.19. The van der Waals surface area contributed by atoms with Gasteiger partial charge in [-0.25, -0.2) is 4.90 Å². The summed E-state index contributed by atoms with van der Waals surface area (Å²) < 4.78 is 5.64. The summed E-state index contributed by atoms with van der Waals surface area (Å²) in [5, 5.41) is 20.8. The maximum Gasteiger partial charge on any atom is 0.274 e. The zero-order chi connectivity index (χ0) is 17.2. The van der Waals surface area contributed by atoms with Crippen molar-refractivity contribution >= 4 is 23.2 Å². The lowest BCUT2D eigenvalue weighted by molar-refractivity contribution is -0.385. The minimum absolute atomic E-state index is 0.153. The Kier molecular flexibility index (Phi) is 2.94. The summed E-state index contributed by atoms with van der Waals surface area (Å²) in [4.78, 5) is 37.1. The standard InChI is InChI=1S/C16H14N2O6/c1-8-2-3-9(6-10(8)18(22)23)17-14(20)12-11-4-5-16(7-19,24-11)13(12)15(17)21/h2-6,11-13,19H,7H2,1H3. The number of aliphatic hydroxyl groups is 1. The molecule has 4 rings (SSSR count). The van der Waals surface area contributed by atoms with Gasteiger partial charge in [0.1, 0.15) is 5.60 Å². The van der Waals surface area contributed by atoms with Crippen molar-refractivity contribution in [2.45, 2.75) is 18.6 Å². The van der Waals surface area contributed by atoms with E-state index >= 15 is 0 Å². The fraction of sp³-hybridized carbons (Fsp3) is 0.375. The van der Waals surface area contributed by atoms with Crippen molar-refractivity contribution < 1.29 is 24.4 Å². The van der Waals surface area contributed by atoms with Gasteiger partial charge in [-0.3, -0.25) is 19.7 Å². The molecule has 0 aromatic heterocycles. The van der Waals surface area contributed by atoms with Gasteiger partial charge in [-0.05, 0) is 13.0 Å². The molecule has 0 radical (unpaired) electrons. The van der Waals surface area contributed by atoms with Crippen LogP contribution in [-0.2, 0) is 14.3 Å². The van der Waals surface area contributed by atoms with Crippen molar-refractivity contribution in [3.8, 4) is 0 Å². The first kappa shape index (κ1) is 15.0. The number of hydrogen-bond donors (Lipinski definition) is 1. The largest absolute Gasteiger partial charge is 0.393 e. The van der Waals surface area contributed by atoms with E-state index in [1.165, 1.54) is 18.2 Å². The van der Waals surface area contributed by atoms with Crippen LogP contribution in [-0.4, -0.2) is 40.2 Å². The predicted octanol–water partition coefficient (Wildman–Crippen LogP) is 0.709. The van der Waals surface area contributed by atoms with Gasteiger partial charge >= 0.3 is 0 Å². The van der Waals surface area contributed by atoms with Crippen LogP contribution in [0.3, 0.4) is 0 Å². The lowest BCUT2D eigenvalue weighted by Gasteiger charge is -2.26. The van der Waals surface area contributed by atoms with Crippen LogP contribution in [0.4, 0.5) is 11.4 Å². The van der Waals surface area contributed by atoms with Crippen molar-refractivity contribution in [1.29, 1.82) is 0 Å². The quantitative estimate of drug-likeness (QED) is 0.378. The Morgan fingerprint density at radius 3 is 2.79 bits per heavy atom. The number of carbonyl (C=O) groups is 2. The summed E-state index contributed by atoms with van der Waals surface area (Å²) in [6.45, 7) is 1.19. The maximum absolute atomic E-state index is 12.8. The number of fused-ring (bicyclic) bond motifs is 5. The fourth-order valence-electron chi connectivity index (χ4n) is 3.87. The molecule has 2 bridgehead atoms. The number of carbonyl (C=O) groups excluding carboxylic acids is 2. The molecule has 2 saturated heterocycles. The predicted molar refractivity (Wildman–Crippen MR) is 81.1 cm³/mol. The molecular formula is C16H14N2O6. The van der Waals surface area contributed by atoms with Crippen molar-refractivity contribution in [1.82, 2.24) is 0 Å². The Bertz CT molecular complexity index is 819.